The van der Waals surface area contributed by atoms with Gasteiger partial charge in [-0.25, -0.2) is 0 Å². The molecule has 0 bridgehead atoms. The van der Waals surface area contributed by atoms with Gasteiger partial charge < -0.3 is 14.5 Å². The van der Waals surface area contributed by atoms with Gasteiger partial charge in [0.1, 0.15) is 11.8 Å². The molecule has 2 aromatic carbocycles. The largest absolute Gasteiger partial charge is 0.497 e. The molecule has 1 fully saturated rings. The lowest BCUT2D eigenvalue weighted by molar-refractivity contribution is -0.124. The van der Waals surface area contributed by atoms with E-state index in [9.17, 15) is 9.59 Å². The zero-order valence-corrected chi connectivity index (χ0v) is 15.4. The average Bonchev–Trinajstić information content (AvgIpc) is 2.69. The van der Waals surface area contributed by atoms with Gasteiger partial charge in [0.05, 0.1) is 7.11 Å². The van der Waals surface area contributed by atoms with Gasteiger partial charge in [-0.15, -0.1) is 0 Å². The van der Waals surface area contributed by atoms with Crippen LogP contribution in [0.1, 0.15) is 29.8 Å². The maximum Gasteiger partial charge on any atom is 0.254 e. The zero-order chi connectivity index (χ0) is 18.7. The quantitative estimate of drug-likeness (QED) is 0.849. The topological polar surface area (TPSA) is 49.9 Å². The number of ether oxygens (including phenoxy) is 1. The van der Waals surface area contributed by atoms with Crippen LogP contribution in [-0.4, -0.2) is 43.0 Å². The first-order valence-electron chi connectivity index (χ1n) is 8.90. The Morgan fingerprint density at radius 2 is 1.88 bits per heavy atom. The summed E-state index contributed by atoms with van der Waals surface area (Å²) in [7, 11) is 1.57. The molecule has 136 valence electrons. The van der Waals surface area contributed by atoms with Gasteiger partial charge in [-0.3, -0.25) is 9.59 Å². The Labute approximate surface area is 154 Å². The molecule has 0 spiro atoms. The molecule has 2 amide bonds. The smallest absolute Gasteiger partial charge is 0.254 e. The minimum absolute atomic E-state index is 0.0586. The number of carbonyl (C=O) groups is 2. The Hall–Kier alpha value is -2.82. The van der Waals surface area contributed by atoms with Gasteiger partial charge in [0.15, 0.2) is 0 Å². The molecule has 1 heterocycles. The van der Waals surface area contributed by atoms with Crippen LogP contribution < -0.4 is 9.64 Å². The highest BCUT2D eigenvalue weighted by molar-refractivity contribution is 6.03. The number of carbonyl (C=O) groups excluding carboxylic acids is 2. The van der Waals surface area contributed by atoms with Crippen molar-refractivity contribution in [3.8, 4) is 5.75 Å². The maximum absolute atomic E-state index is 12.9. The predicted molar refractivity (Wildman–Crippen MR) is 102 cm³/mol. The Balaban J connectivity index is 1.77. The molecule has 2 aromatic rings. The van der Waals surface area contributed by atoms with E-state index in [1.54, 1.807) is 48.1 Å². The van der Waals surface area contributed by atoms with Crippen molar-refractivity contribution in [2.45, 2.75) is 26.3 Å². The van der Waals surface area contributed by atoms with Crippen LogP contribution in [0.3, 0.4) is 0 Å². The lowest BCUT2D eigenvalue weighted by Gasteiger charge is -2.39. The summed E-state index contributed by atoms with van der Waals surface area (Å²) in [6.07, 6.45) is 0.966. The van der Waals surface area contributed by atoms with Crippen molar-refractivity contribution in [2.24, 2.45) is 0 Å². The van der Waals surface area contributed by atoms with Crippen molar-refractivity contribution < 1.29 is 14.3 Å². The molecule has 0 N–H and O–H groups in total. The van der Waals surface area contributed by atoms with E-state index >= 15 is 0 Å². The molecule has 5 nitrogen and oxygen atoms in total. The number of benzene rings is 2. The summed E-state index contributed by atoms with van der Waals surface area (Å²) in [5.41, 5.74) is 2.65. The van der Waals surface area contributed by atoms with Crippen molar-refractivity contribution in [1.29, 1.82) is 0 Å². The van der Waals surface area contributed by atoms with E-state index in [2.05, 4.69) is 6.92 Å². The average molecular weight is 352 g/mol. The number of aryl methyl sites for hydroxylation is 1. The summed E-state index contributed by atoms with van der Waals surface area (Å²) in [4.78, 5) is 29.1. The summed E-state index contributed by atoms with van der Waals surface area (Å²) >= 11 is 0. The van der Waals surface area contributed by atoms with Gasteiger partial charge in [-0.2, -0.15) is 0 Å². The highest BCUT2D eigenvalue weighted by atomic mass is 16.5. The number of piperazine rings is 1. The van der Waals surface area contributed by atoms with Gasteiger partial charge in [-0.05, 0) is 49.2 Å². The van der Waals surface area contributed by atoms with Crippen LogP contribution in [0.4, 0.5) is 5.69 Å². The van der Waals surface area contributed by atoms with Crippen LogP contribution in [0.5, 0.6) is 5.75 Å². The summed E-state index contributed by atoms with van der Waals surface area (Å²) < 4.78 is 5.19. The molecular weight excluding hydrogens is 328 g/mol. The molecule has 0 unspecified atom stereocenters. The molecule has 1 aliphatic rings. The first-order valence-corrected chi connectivity index (χ1v) is 8.90. The normalized spacial score (nSPS) is 17.3. The molecule has 26 heavy (non-hydrogen) atoms. The Morgan fingerprint density at radius 3 is 2.54 bits per heavy atom. The van der Waals surface area contributed by atoms with Crippen LogP contribution in [0, 0.1) is 0 Å². The summed E-state index contributed by atoms with van der Waals surface area (Å²) in [5.74, 6) is 0.423. The number of hydrogen-bond acceptors (Lipinski definition) is 3. The van der Waals surface area contributed by atoms with Gasteiger partial charge in [0.25, 0.3) is 5.91 Å². The number of hydrogen-bond donors (Lipinski definition) is 0. The van der Waals surface area contributed by atoms with Crippen molar-refractivity contribution in [3.63, 3.8) is 0 Å². The number of amides is 2. The van der Waals surface area contributed by atoms with Crippen molar-refractivity contribution in [2.75, 3.05) is 25.1 Å². The second-order valence-corrected chi connectivity index (χ2v) is 6.42. The Morgan fingerprint density at radius 1 is 1.15 bits per heavy atom. The van der Waals surface area contributed by atoms with Crippen molar-refractivity contribution in [3.05, 3.63) is 59.7 Å². The predicted octanol–water partition coefficient (Wildman–Crippen LogP) is 3.14. The first kappa shape index (κ1) is 18.0. The zero-order valence-electron chi connectivity index (χ0n) is 15.4. The van der Waals surface area contributed by atoms with Crippen LogP contribution in [-0.2, 0) is 11.2 Å². The monoisotopic (exact) mass is 352 g/mol. The van der Waals surface area contributed by atoms with Crippen LogP contribution in [0.25, 0.3) is 0 Å². The minimum atomic E-state index is -0.506. The lowest BCUT2D eigenvalue weighted by Crippen LogP contribution is -2.57. The molecule has 1 atom stereocenters. The lowest BCUT2D eigenvalue weighted by atomic mass is 10.1. The fourth-order valence-electron chi connectivity index (χ4n) is 3.24. The number of methoxy groups -OCH3 is 1. The summed E-state index contributed by atoms with van der Waals surface area (Å²) in [6, 6.07) is 14.6. The summed E-state index contributed by atoms with van der Waals surface area (Å²) in [6.45, 7) is 4.88. The number of rotatable bonds is 4. The molecule has 0 saturated carbocycles. The highest BCUT2D eigenvalue weighted by Crippen LogP contribution is 2.23. The molecule has 5 heteroatoms. The minimum Gasteiger partial charge on any atom is -0.497 e. The standard InChI is InChI=1S/C21H24N2O3/c1-4-16-8-10-18(11-9-16)23-13-12-22(15(2)20(23)24)21(25)17-6-5-7-19(14-17)26-3/h5-11,14-15H,4,12-13H2,1-3H3/t15-/m0/s1. The SMILES string of the molecule is CCc1ccc(N2CCN(C(=O)c3cccc(OC)c3)[C@@H](C)C2=O)cc1. The van der Waals surface area contributed by atoms with Crippen molar-refractivity contribution in [1.82, 2.24) is 4.90 Å². The molecule has 1 saturated heterocycles. The fraction of sp³-hybridized carbons (Fsp3) is 0.333. The second-order valence-electron chi connectivity index (χ2n) is 6.42. The third-order valence-electron chi connectivity index (χ3n) is 4.89. The van der Waals surface area contributed by atoms with Crippen LogP contribution in [0.15, 0.2) is 48.5 Å². The van der Waals surface area contributed by atoms with E-state index in [0.717, 1.165) is 12.1 Å². The molecule has 0 aliphatic carbocycles. The van der Waals surface area contributed by atoms with E-state index in [1.807, 2.05) is 24.3 Å². The van der Waals surface area contributed by atoms with E-state index in [1.165, 1.54) is 5.56 Å². The van der Waals surface area contributed by atoms with E-state index in [-0.39, 0.29) is 11.8 Å². The van der Waals surface area contributed by atoms with Gasteiger partial charge >= 0.3 is 0 Å². The molecule has 0 aromatic heterocycles. The van der Waals surface area contributed by atoms with Gasteiger partial charge in [0.2, 0.25) is 5.91 Å². The van der Waals surface area contributed by atoms with Gasteiger partial charge in [-0.1, -0.05) is 25.1 Å². The maximum atomic E-state index is 12.9. The highest BCUT2D eigenvalue weighted by Gasteiger charge is 2.35. The third-order valence-corrected chi connectivity index (χ3v) is 4.89. The molecule has 0 radical (unpaired) electrons. The van der Waals surface area contributed by atoms with Crippen LogP contribution >= 0.6 is 0 Å². The molecular formula is C21H24N2O3. The fourth-order valence-corrected chi connectivity index (χ4v) is 3.24. The van der Waals surface area contributed by atoms with Crippen LogP contribution in [0.2, 0.25) is 0 Å². The van der Waals surface area contributed by atoms with E-state index in [0.29, 0.717) is 24.4 Å². The number of anilines is 1. The van der Waals surface area contributed by atoms with E-state index in [4.69, 9.17) is 4.74 Å². The third kappa shape index (κ3) is 3.43. The summed E-state index contributed by atoms with van der Waals surface area (Å²) in [5, 5.41) is 0. The Kier molecular flexibility index (Phi) is 5.26. The molecule has 3 rings (SSSR count). The number of nitrogens with zero attached hydrogens (tertiary/aromatic N) is 2. The first-order chi connectivity index (χ1) is 12.5. The molecule has 1 aliphatic heterocycles. The van der Waals surface area contributed by atoms with Crippen molar-refractivity contribution >= 4 is 17.5 Å². The second kappa shape index (κ2) is 7.60. The van der Waals surface area contributed by atoms with E-state index < -0.39 is 6.04 Å². The van der Waals surface area contributed by atoms with Gasteiger partial charge in [0, 0.05) is 24.3 Å². The Bertz CT molecular complexity index is 801.